The van der Waals surface area contributed by atoms with Crippen LogP contribution >= 0.6 is 0 Å². The molecule has 0 aromatic heterocycles. The first kappa shape index (κ1) is 9.96. The maximum atomic E-state index is 5.68. The van der Waals surface area contributed by atoms with Gasteiger partial charge in [0, 0.05) is 32.7 Å². The van der Waals surface area contributed by atoms with Gasteiger partial charge in [0.05, 0.1) is 0 Å². The van der Waals surface area contributed by atoms with E-state index in [-0.39, 0.29) is 5.41 Å². The summed E-state index contributed by atoms with van der Waals surface area (Å²) in [5.74, 6) is 0. The minimum absolute atomic E-state index is 0.275. The highest BCUT2D eigenvalue weighted by Crippen LogP contribution is 2.14. The average Bonchev–Trinajstić information content (AvgIpc) is 2.06. The fourth-order valence-electron chi connectivity index (χ4n) is 1.54. The van der Waals surface area contributed by atoms with Crippen molar-refractivity contribution in [3.05, 3.63) is 0 Å². The third kappa shape index (κ3) is 3.09. The summed E-state index contributed by atoms with van der Waals surface area (Å²) in [6.45, 7) is 11.0. The van der Waals surface area contributed by atoms with E-state index in [1.807, 2.05) is 0 Å². The van der Waals surface area contributed by atoms with Crippen LogP contribution in [0.3, 0.4) is 0 Å². The molecule has 0 aromatic carbocycles. The first-order valence-corrected chi connectivity index (χ1v) is 4.77. The van der Waals surface area contributed by atoms with Gasteiger partial charge in [0.2, 0.25) is 0 Å². The Hall–Kier alpha value is -0.120. The van der Waals surface area contributed by atoms with E-state index in [2.05, 4.69) is 24.1 Å². The molecule has 1 fully saturated rings. The largest absolute Gasteiger partial charge is 0.330 e. The van der Waals surface area contributed by atoms with Crippen LogP contribution in [0.1, 0.15) is 13.8 Å². The maximum absolute atomic E-state index is 5.68. The van der Waals surface area contributed by atoms with Gasteiger partial charge in [0.25, 0.3) is 0 Å². The van der Waals surface area contributed by atoms with Crippen molar-refractivity contribution in [1.82, 2.24) is 10.2 Å². The van der Waals surface area contributed by atoms with E-state index in [0.717, 1.165) is 26.2 Å². The second-order valence-corrected chi connectivity index (χ2v) is 4.39. The van der Waals surface area contributed by atoms with Crippen molar-refractivity contribution in [3.63, 3.8) is 0 Å². The second kappa shape index (κ2) is 4.21. The van der Waals surface area contributed by atoms with E-state index in [4.69, 9.17) is 5.73 Å². The van der Waals surface area contributed by atoms with Gasteiger partial charge in [-0.1, -0.05) is 13.8 Å². The van der Waals surface area contributed by atoms with Crippen LogP contribution in [0.25, 0.3) is 0 Å². The Morgan fingerprint density at radius 1 is 1.33 bits per heavy atom. The Morgan fingerprint density at radius 2 is 1.92 bits per heavy atom. The molecule has 1 saturated heterocycles. The molecule has 3 nitrogen and oxygen atoms in total. The number of nitrogens with one attached hydrogen (secondary N) is 1. The molecule has 0 radical (unpaired) electrons. The van der Waals surface area contributed by atoms with Crippen molar-refractivity contribution >= 4 is 0 Å². The number of nitrogens with two attached hydrogens (primary N) is 1. The lowest BCUT2D eigenvalue weighted by molar-refractivity contribution is 0.165. The van der Waals surface area contributed by atoms with Crippen LogP contribution in [0.15, 0.2) is 0 Å². The zero-order chi connectivity index (χ0) is 9.03. The summed E-state index contributed by atoms with van der Waals surface area (Å²) in [7, 11) is 0. The lowest BCUT2D eigenvalue weighted by Crippen LogP contribution is -2.48. The van der Waals surface area contributed by atoms with E-state index in [1.54, 1.807) is 0 Å². The summed E-state index contributed by atoms with van der Waals surface area (Å²) in [6, 6.07) is 0. The summed E-state index contributed by atoms with van der Waals surface area (Å²) >= 11 is 0. The molecule has 0 saturated carbocycles. The molecule has 12 heavy (non-hydrogen) atoms. The Labute approximate surface area is 75.3 Å². The van der Waals surface area contributed by atoms with Gasteiger partial charge in [-0.05, 0) is 12.0 Å². The second-order valence-electron chi connectivity index (χ2n) is 4.39. The molecule has 0 aromatic rings. The standard InChI is InChI=1S/C9H21N3/c1-9(2,7-10)8-12-5-3-11-4-6-12/h11H,3-8,10H2,1-2H3. The lowest BCUT2D eigenvalue weighted by Gasteiger charge is -2.34. The molecule has 0 amide bonds. The highest BCUT2D eigenvalue weighted by atomic mass is 15.2. The molecule has 1 heterocycles. The molecule has 0 unspecified atom stereocenters. The first-order valence-electron chi connectivity index (χ1n) is 4.77. The monoisotopic (exact) mass is 171 g/mol. The lowest BCUT2D eigenvalue weighted by atomic mass is 9.93. The van der Waals surface area contributed by atoms with Crippen molar-refractivity contribution in [1.29, 1.82) is 0 Å². The summed E-state index contributed by atoms with van der Waals surface area (Å²) in [4.78, 5) is 2.49. The smallest absolute Gasteiger partial charge is 0.0108 e. The molecule has 3 heteroatoms. The normalized spacial score (nSPS) is 21.2. The van der Waals surface area contributed by atoms with Crippen LogP contribution in [0, 0.1) is 5.41 Å². The van der Waals surface area contributed by atoms with Crippen LogP contribution < -0.4 is 11.1 Å². The number of piperazine rings is 1. The van der Waals surface area contributed by atoms with Gasteiger partial charge in [0.15, 0.2) is 0 Å². The molecule has 0 spiro atoms. The number of hydrogen-bond donors (Lipinski definition) is 2. The van der Waals surface area contributed by atoms with Crippen molar-refractivity contribution in [2.24, 2.45) is 11.1 Å². The molecular weight excluding hydrogens is 150 g/mol. The summed E-state index contributed by atoms with van der Waals surface area (Å²) in [5, 5.41) is 3.35. The van der Waals surface area contributed by atoms with E-state index in [0.29, 0.717) is 0 Å². The third-order valence-electron chi connectivity index (χ3n) is 2.41. The Balaban J connectivity index is 2.28. The van der Waals surface area contributed by atoms with Gasteiger partial charge in [-0.25, -0.2) is 0 Å². The molecule has 1 aliphatic rings. The van der Waals surface area contributed by atoms with Crippen LogP contribution in [0.2, 0.25) is 0 Å². The van der Waals surface area contributed by atoms with Crippen LogP contribution in [-0.2, 0) is 0 Å². The molecule has 3 N–H and O–H groups in total. The highest BCUT2D eigenvalue weighted by Gasteiger charge is 2.20. The van der Waals surface area contributed by atoms with Crippen molar-refractivity contribution in [2.45, 2.75) is 13.8 Å². The first-order chi connectivity index (χ1) is 5.64. The topological polar surface area (TPSA) is 41.3 Å². The van der Waals surface area contributed by atoms with Crippen LogP contribution in [0.4, 0.5) is 0 Å². The van der Waals surface area contributed by atoms with E-state index < -0.39 is 0 Å². The van der Waals surface area contributed by atoms with Crippen molar-refractivity contribution < 1.29 is 0 Å². The fraction of sp³-hybridized carbons (Fsp3) is 1.00. The fourth-order valence-corrected chi connectivity index (χ4v) is 1.54. The van der Waals surface area contributed by atoms with E-state index in [1.165, 1.54) is 13.1 Å². The predicted octanol–water partition coefficient (Wildman–Crippen LogP) is -0.123. The number of hydrogen-bond acceptors (Lipinski definition) is 3. The zero-order valence-electron chi connectivity index (χ0n) is 8.27. The van der Waals surface area contributed by atoms with Gasteiger partial charge < -0.3 is 16.0 Å². The van der Waals surface area contributed by atoms with Gasteiger partial charge in [-0.3, -0.25) is 0 Å². The molecular formula is C9H21N3. The minimum Gasteiger partial charge on any atom is -0.330 e. The Bertz CT molecular complexity index is 128. The maximum Gasteiger partial charge on any atom is 0.0108 e. The van der Waals surface area contributed by atoms with Crippen molar-refractivity contribution in [3.8, 4) is 0 Å². The van der Waals surface area contributed by atoms with E-state index in [9.17, 15) is 0 Å². The molecule has 0 bridgehead atoms. The van der Waals surface area contributed by atoms with Crippen molar-refractivity contribution in [2.75, 3.05) is 39.3 Å². The SMILES string of the molecule is CC(C)(CN)CN1CCNCC1. The molecule has 1 rings (SSSR count). The summed E-state index contributed by atoms with van der Waals surface area (Å²) in [6.07, 6.45) is 0. The van der Waals surface area contributed by atoms with Crippen LogP contribution in [-0.4, -0.2) is 44.2 Å². The van der Waals surface area contributed by atoms with Gasteiger partial charge in [0.1, 0.15) is 0 Å². The molecule has 72 valence electrons. The highest BCUT2D eigenvalue weighted by molar-refractivity contribution is 4.77. The minimum atomic E-state index is 0.275. The zero-order valence-corrected chi connectivity index (χ0v) is 8.27. The summed E-state index contributed by atoms with van der Waals surface area (Å²) < 4.78 is 0. The number of rotatable bonds is 3. The Kier molecular flexibility index (Phi) is 3.50. The van der Waals surface area contributed by atoms with Gasteiger partial charge >= 0.3 is 0 Å². The average molecular weight is 171 g/mol. The Morgan fingerprint density at radius 3 is 2.42 bits per heavy atom. The van der Waals surface area contributed by atoms with Gasteiger partial charge in [-0.2, -0.15) is 0 Å². The quantitative estimate of drug-likeness (QED) is 0.622. The van der Waals surface area contributed by atoms with Gasteiger partial charge in [-0.15, -0.1) is 0 Å². The van der Waals surface area contributed by atoms with Crippen LogP contribution in [0.5, 0.6) is 0 Å². The molecule has 0 atom stereocenters. The predicted molar refractivity (Wildman–Crippen MR) is 52.1 cm³/mol. The number of nitrogens with zero attached hydrogens (tertiary/aromatic N) is 1. The summed E-state index contributed by atoms with van der Waals surface area (Å²) in [5.41, 5.74) is 5.96. The van der Waals surface area contributed by atoms with E-state index >= 15 is 0 Å². The molecule has 1 aliphatic heterocycles. The third-order valence-corrected chi connectivity index (χ3v) is 2.41. The molecule has 0 aliphatic carbocycles.